The molecule has 0 bridgehead atoms. The molecule has 0 aliphatic carbocycles. The van der Waals surface area contributed by atoms with Crippen molar-refractivity contribution in [2.75, 3.05) is 39.5 Å². The highest BCUT2D eigenvalue weighted by molar-refractivity contribution is 5.91. The van der Waals surface area contributed by atoms with Crippen LogP contribution >= 0.6 is 0 Å². The number of hydrogen-bond acceptors (Lipinski definition) is 4. The summed E-state index contributed by atoms with van der Waals surface area (Å²) >= 11 is 0. The van der Waals surface area contributed by atoms with Gasteiger partial charge in [0.05, 0.1) is 26.4 Å². The van der Waals surface area contributed by atoms with E-state index in [1.165, 1.54) is 0 Å². The molecule has 0 saturated carbocycles. The summed E-state index contributed by atoms with van der Waals surface area (Å²) < 4.78 is 16.6. The fourth-order valence-electron chi connectivity index (χ4n) is 2.28. The first-order valence-corrected chi connectivity index (χ1v) is 8.19. The number of hydrogen-bond donors (Lipinski definition) is 0. The first-order chi connectivity index (χ1) is 11.2. The van der Waals surface area contributed by atoms with Crippen molar-refractivity contribution >= 4 is 12.0 Å². The number of morpholine rings is 1. The van der Waals surface area contributed by atoms with Crippen LogP contribution in [0.5, 0.6) is 11.5 Å². The first kappa shape index (κ1) is 17.3. The van der Waals surface area contributed by atoms with Gasteiger partial charge in [-0.1, -0.05) is 13.0 Å². The van der Waals surface area contributed by atoms with Crippen LogP contribution in [0.4, 0.5) is 0 Å². The van der Waals surface area contributed by atoms with Gasteiger partial charge in [0.1, 0.15) is 0 Å². The van der Waals surface area contributed by atoms with E-state index in [0.717, 1.165) is 17.7 Å². The molecule has 0 atom stereocenters. The summed E-state index contributed by atoms with van der Waals surface area (Å²) in [5, 5.41) is 0. The molecule has 0 unspecified atom stereocenters. The third-order valence-corrected chi connectivity index (χ3v) is 3.47. The summed E-state index contributed by atoms with van der Waals surface area (Å²) in [7, 11) is 0. The smallest absolute Gasteiger partial charge is 0.246 e. The predicted octanol–water partition coefficient (Wildman–Crippen LogP) is 2.75. The Morgan fingerprint density at radius 2 is 2.00 bits per heavy atom. The third-order valence-electron chi connectivity index (χ3n) is 3.47. The lowest BCUT2D eigenvalue weighted by Crippen LogP contribution is -2.39. The molecule has 0 radical (unpaired) electrons. The molecule has 1 aliphatic rings. The average Bonchev–Trinajstić information content (AvgIpc) is 2.60. The quantitative estimate of drug-likeness (QED) is 0.725. The van der Waals surface area contributed by atoms with E-state index in [2.05, 4.69) is 6.92 Å². The molecule has 5 heteroatoms. The van der Waals surface area contributed by atoms with Crippen LogP contribution in [0.15, 0.2) is 24.3 Å². The minimum atomic E-state index is 0.0116. The van der Waals surface area contributed by atoms with Crippen LogP contribution in [0.25, 0.3) is 6.08 Å². The maximum absolute atomic E-state index is 12.1. The summed E-state index contributed by atoms with van der Waals surface area (Å²) in [5.74, 6) is 1.46. The van der Waals surface area contributed by atoms with Crippen LogP contribution in [0, 0.1) is 0 Å². The normalized spacial score (nSPS) is 15.0. The van der Waals surface area contributed by atoms with Gasteiger partial charge in [0.15, 0.2) is 11.5 Å². The van der Waals surface area contributed by atoms with Gasteiger partial charge in [-0.25, -0.2) is 0 Å². The Bertz CT molecular complexity index is 536. The summed E-state index contributed by atoms with van der Waals surface area (Å²) in [6, 6.07) is 5.72. The summed E-state index contributed by atoms with van der Waals surface area (Å²) in [5.41, 5.74) is 0.916. The molecule has 0 spiro atoms. The van der Waals surface area contributed by atoms with Crippen LogP contribution < -0.4 is 9.47 Å². The zero-order chi connectivity index (χ0) is 16.5. The molecule has 2 rings (SSSR count). The predicted molar refractivity (Wildman–Crippen MR) is 89.8 cm³/mol. The van der Waals surface area contributed by atoms with Crippen molar-refractivity contribution in [1.29, 1.82) is 0 Å². The Morgan fingerprint density at radius 1 is 1.22 bits per heavy atom. The highest BCUT2D eigenvalue weighted by Gasteiger charge is 2.14. The molecule has 1 heterocycles. The minimum absolute atomic E-state index is 0.0116. The van der Waals surface area contributed by atoms with Gasteiger partial charge in [-0.2, -0.15) is 0 Å². The Kier molecular flexibility index (Phi) is 6.94. The molecule has 23 heavy (non-hydrogen) atoms. The van der Waals surface area contributed by atoms with E-state index in [0.29, 0.717) is 45.3 Å². The number of rotatable bonds is 7. The fourth-order valence-corrected chi connectivity index (χ4v) is 2.28. The van der Waals surface area contributed by atoms with E-state index in [1.54, 1.807) is 11.0 Å². The van der Waals surface area contributed by atoms with Gasteiger partial charge in [0.25, 0.3) is 0 Å². The second kappa shape index (κ2) is 9.20. The number of ether oxygens (including phenoxy) is 3. The summed E-state index contributed by atoms with van der Waals surface area (Å²) in [6.45, 7) is 7.75. The highest BCUT2D eigenvalue weighted by Crippen LogP contribution is 2.29. The number of amides is 1. The molecule has 0 N–H and O–H groups in total. The Morgan fingerprint density at radius 3 is 2.70 bits per heavy atom. The molecule has 1 aromatic carbocycles. The van der Waals surface area contributed by atoms with Gasteiger partial charge in [-0.05, 0) is 37.1 Å². The van der Waals surface area contributed by atoms with E-state index in [1.807, 2.05) is 31.2 Å². The van der Waals surface area contributed by atoms with Crippen molar-refractivity contribution in [1.82, 2.24) is 4.90 Å². The lowest BCUT2D eigenvalue weighted by molar-refractivity contribution is -0.129. The molecule has 1 saturated heterocycles. The van der Waals surface area contributed by atoms with Gasteiger partial charge < -0.3 is 19.1 Å². The lowest BCUT2D eigenvalue weighted by Gasteiger charge is -2.25. The molecule has 126 valence electrons. The maximum Gasteiger partial charge on any atom is 0.246 e. The Balaban J connectivity index is 2.04. The van der Waals surface area contributed by atoms with Crippen molar-refractivity contribution in [3.8, 4) is 11.5 Å². The van der Waals surface area contributed by atoms with Crippen LogP contribution in [-0.4, -0.2) is 50.3 Å². The second-order valence-electron chi connectivity index (χ2n) is 5.26. The van der Waals surface area contributed by atoms with Crippen LogP contribution in [0.1, 0.15) is 25.8 Å². The van der Waals surface area contributed by atoms with E-state index >= 15 is 0 Å². The van der Waals surface area contributed by atoms with Crippen molar-refractivity contribution in [2.24, 2.45) is 0 Å². The number of benzene rings is 1. The molecular weight excluding hydrogens is 294 g/mol. The molecule has 1 aromatic rings. The van der Waals surface area contributed by atoms with Crippen molar-refractivity contribution in [2.45, 2.75) is 20.3 Å². The molecule has 1 aliphatic heterocycles. The minimum Gasteiger partial charge on any atom is -0.490 e. The molecule has 0 aromatic heterocycles. The third kappa shape index (κ3) is 5.28. The van der Waals surface area contributed by atoms with E-state index in [-0.39, 0.29) is 5.91 Å². The number of nitrogens with zero attached hydrogens (tertiary/aromatic N) is 1. The van der Waals surface area contributed by atoms with E-state index in [9.17, 15) is 4.79 Å². The molecule has 5 nitrogen and oxygen atoms in total. The summed E-state index contributed by atoms with van der Waals surface area (Å²) in [4.78, 5) is 13.9. The van der Waals surface area contributed by atoms with Gasteiger partial charge in [-0.15, -0.1) is 0 Å². The maximum atomic E-state index is 12.1. The second-order valence-corrected chi connectivity index (χ2v) is 5.26. The van der Waals surface area contributed by atoms with Crippen LogP contribution in [0.3, 0.4) is 0 Å². The zero-order valence-electron chi connectivity index (χ0n) is 13.9. The molecule has 1 fully saturated rings. The fraction of sp³-hybridized carbons (Fsp3) is 0.500. The van der Waals surface area contributed by atoms with Crippen LogP contribution in [0.2, 0.25) is 0 Å². The lowest BCUT2D eigenvalue weighted by atomic mass is 10.2. The van der Waals surface area contributed by atoms with Gasteiger partial charge in [0.2, 0.25) is 5.91 Å². The number of carbonyl (C=O) groups is 1. The summed E-state index contributed by atoms with van der Waals surface area (Å²) in [6.07, 6.45) is 4.36. The van der Waals surface area contributed by atoms with Gasteiger partial charge in [-0.3, -0.25) is 4.79 Å². The highest BCUT2D eigenvalue weighted by atomic mass is 16.5. The largest absolute Gasteiger partial charge is 0.490 e. The SMILES string of the molecule is CCCOc1ccc(/C=C/C(=O)N2CCOCC2)cc1OCC. The topological polar surface area (TPSA) is 48.0 Å². The van der Waals surface area contributed by atoms with E-state index < -0.39 is 0 Å². The number of carbonyl (C=O) groups excluding carboxylic acids is 1. The molecular formula is C18H25NO4. The Labute approximate surface area is 137 Å². The van der Waals surface area contributed by atoms with Crippen molar-refractivity contribution < 1.29 is 19.0 Å². The zero-order valence-corrected chi connectivity index (χ0v) is 13.9. The van der Waals surface area contributed by atoms with Gasteiger partial charge in [0, 0.05) is 19.2 Å². The van der Waals surface area contributed by atoms with Crippen molar-refractivity contribution in [3.63, 3.8) is 0 Å². The van der Waals surface area contributed by atoms with Crippen molar-refractivity contribution in [3.05, 3.63) is 29.8 Å². The Hall–Kier alpha value is -2.01. The average molecular weight is 319 g/mol. The van der Waals surface area contributed by atoms with Crippen LogP contribution in [-0.2, 0) is 9.53 Å². The van der Waals surface area contributed by atoms with E-state index in [4.69, 9.17) is 14.2 Å². The molecule has 1 amide bonds. The standard InChI is InChI=1S/C18H25NO4/c1-3-11-23-16-7-5-15(14-17(16)22-4-2)6-8-18(20)19-9-12-21-13-10-19/h5-8,14H,3-4,9-13H2,1-2H3/b8-6+. The van der Waals surface area contributed by atoms with Gasteiger partial charge >= 0.3 is 0 Å². The monoisotopic (exact) mass is 319 g/mol. The first-order valence-electron chi connectivity index (χ1n) is 8.19.